The molecule has 0 aliphatic rings. The molecule has 0 saturated heterocycles. The molecule has 112 valence electrons. The number of benzene rings is 1. The standard InChI is InChI=1S/C16H21N3OS/c1-11(10-15-4-3-9-21-15)18-12(2)13-5-7-14(8-6-13)19-16(17)20/h3-9,11-12,18H,10H2,1-2H3,(H3,17,19,20). The predicted octanol–water partition coefficient (Wildman–Crippen LogP) is 3.52. The van der Waals surface area contributed by atoms with Crippen LogP contribution in [-0.2, 0) is 6.42 Å². The van der Waals surface area contributed by atoms with Gasteiger partial charge in [-0.3, -0.25) is 0 Å². The molecule has 0 spiro atoms. The molecule has 4 nitrogen and oxygen atoms in total. The van der Waals surface area contributed by atoms with E-state index in [1.165, 1.54) is 10.4 Å². The second-order valence-electron chi connectivity index (χ2n) is 5.18. The van der Waals surface area contributed by atoms with Crippen molar-refractivity contribution in [2.75, 3.05) is 5.32 Å². The number of nitrogens with two attached hydrogens (primary N) is 1. The van der Waals surface area contributed by atoms with Gasteiger partial charge >= 0.3 is 6.03 Å². The molecule has 4 N–H and O–H groups in total. The van der Waals surface area contributed by atoms with E-state index in [9.17, 15) is 4.79 Å². The first kappa shape index (κ1) is 15.5. The van der Waals surface area contributed by atoms with Crippen LogP contribution in [0.3, 0.4) is 0 Å². The van der Waals surface area contributed by atoms with Gasteiger partial charge in [-0.15, -0.1) is 11.3 Å². The molecule has 21 heavy (non-hydrogen) atoms. The number of hydrogen-bond acceptors (Lipinski definition) is 3. The first-order chi connectivity index (χ1) is 10.0. The lowest BCUT2D eigenvalue weighted by Gasteiger charge is -2.20. The van der Waals surface area contributed by atoms with Crippen LogP contribution in [0.25, 0.3) is 0 Å². The minimum atomic E-state index is -0.543. The quantitative estimate of drug-likeness (QED) is 0.764. The second-order valence-corrected chi connectivity index (χ2v) is 6.22. The summed E-state index contributed by atoms with van der Waals surface area (Å²) in [6.07, 6.45) is 1.03. The average Bonchev–Trinajstić information content (AvgIpc) is 2.91. The van der Waals surface area contributed by atoms with Crippen LogP contribution >= 0.6 is 11.3 Å². The monoisotopic (exact) mass is 303 g/mol. The number of rotatable bonds is 6. The molecule has 0 fully saturated rings. The number of amides is 2. The fourth-order valence-electron chi connectivity index (χ4n) is 2.31. The third kappa shape index (κ3) is 4.88. The van der Waals surface area contributed by atoms with Crippen molar-refractivity contribution in [1.82, 2.24) is 5.32 Å². The Morgan fingerprint density at radius 2 is 1.95 bits per heavy atom. The van der Waals surface area contributed by atoms with Gasteiger partial charge in [-0.25, -0.2) is 4.79 Å². The topological polar surface area (TPSA) is 67.2 Å². The maximum atomic E-state index is 10.8. The summed E-state index contributed by atoms with van der Waals surface area (Å²) in [6, 6.07) is 12.1. The summed E-state index contributed by atoms with van der Waals surface area (Å²) in [7, 11) is 0. The highest BCUT2D eigenvalue weighted by Gasteiger charge is 2.10. The normalized spacial score (nSPS) is 13.6. The van der Waals surface area contributed by atoms with E-state index < -0.39 is 6.03 Å². The van der Waals surface area contributed by atoms with Crippen LogP contribution in [0, 0.1) is 0 Å². The highest BCUT2D eigenvalue weighted by Crippen LogP contribution is 2.18. The van der Waals surface area contributed by atoms with E-state index in [4.69, 9.17) is 5.73 Å². The van der Waals surface area contributed by atoms with Gasteiger partial charge in [0.1, 0.15) is 0 Å². The highest BCUT2D eigenvalue weighted by molar-refractivity contribution is 7.09. The number of thiophene rings is 1. The lowest BCUT2D eigenvalue weighted by Crippen LogP contribution is -2.30. The minimum absolute atomic E-state index is 0.252. The lowest BCUT2D eigenvalue weighted by atomic mass is 10.1. The van der Waals surface area contributed by atoms with Gasteiger partial charge in [0.05, 0.1) is 0 Å². The number of carbonyl (C=O) groups is 1. The van der Waals surface area contributed by atoms with E-state index in [2.05, 4.69) is 42.0 Å². The van der Waals surface area contributed by atoms with Crippen molar-refractivity contribution in [1.29, 1.82) is 0 Å². The van der Waals surface area contributed by atoms with Crippen molar-refractivity contribution < 1.29 is 4.79 Å². The number of urea groups is 1. The Labute approximate surface area is 129 Å². The van der Waals surface area contributed by atoms with E-state index in [0.717, 1.165) is 6.42 Å². The molecule has 0 aliphatic carbocycles. The molecule has 1 heterocycles. The van der Waals surface area contributed by atoms with Crippen molar-refractivity contribution in [3.05, 3.63) is 52.2 Å². The molecule has 2 amide bonds. The molecule has 0 saturated carbocycles. The van der Waals surface area contributed by atoms with Crippen LogP contribution in [-0.4, -0.2) is 12.1 Å². The van der Waals surface area contributed by atoms with Crippen LogP contribution in [0.1, 0.15) is 30.3 Å². The van der Waals surface area contributed by atoms with Crippen molar-refractivity contribution >= 4 is 23.1 Å². The Hall–Kier alpha value is -1.85. The van der Waals surface area contributed by atoms with Crippen LogP contribution in [0.15, 0.2) is 41.8 Å². The van der Waals surface area contributed by atoms with E-state index >= 15 is 0 Å². The smallest absolute Gasteiger partial charge is 0.316 e. The molecule has 2 rings (SSSR count). The van der Waals surface area contributed by atoms with Crippen LogP contribution in [0.2, 0.25) is 0 Å². The van der Waals surface area contributed by atoms with Crippen LogP contribution < -0.4 is 16.4 Å². The van der Waals surface area contributed by atoms with Crippen molar-refractivity contribution in [3.63, 3.8) is 0 Å². The molecule has 0 bridgehead atoms. The van der Waals surface area contributed by atoms with Crippen molar-refractivity contribution in [2.24, 2.45) is 5.73 Å². The Balaban J connectivity index is 1.90. The summed E-state index contributed by atoms with van der Waals surface area (Å²) < 4.78 is 0. The third-order valence-electron chi connectivity index (χ3n) is 3.30. The van der Waals surface area contributed by atoms with E-state index in [1.807, 2.05) is 24.3 Å². The number of anilines is 1. The Morgan fingerprint density at radius 3 is 2.52 bits per heavy atom. The van der Waals surface area contributed by atoms with Crippen LogP contribution in [0.4, 0.5) is 10.5 Å². The Bertz CT molecular complexity index is 566. The zero-order chi connectivity index (χ0) is 15.2. The van der Waals surface area contributed by atoms with Gasteiger partial charge in [-0.05, 0) is 49.4 Å². The SMILES string of the molecule is CC(Cc1cccs1)NC(C)c1ccc(NC(N)=O)cc1. The summed E-state index contributed by atoms with van der Waals surface area (Å²) >= 11 is 1.79. The van der Waals surface area contributed by atoms with E-state index in [0.29, 0.717) is 11.7 Å². The molecule has 0 aliphatic heterocycles. The van der Waals surface area contributed by atoms with E-state index in [-0.39, 0.29) is 6.04 Å². The predicted molar refractivity (Wildman–Crippen MR) is 88.7 cm³/mol. The summed E-state index contributed by atoms with van der Waals surface area (Å²) in [5.41, 5.74) is 6.99. The van der Waals surface area contributed by atoms with E-state index in [1.54, 1.807) is 11.3 Å². The number of carbonyl (C=O) groups excluding carboxylic acids is 1. The molecule has 2 atom stereocenters. The van der Waals surface area contributed by atoms with Gasteiger partial charge in [-0.2, -0.15) is 0 Å². The van der Waals surface area contributed by atoms with Gasteiger partial charge in [0.2, 0.25) is 0 Å². The first-order valence-corrected chi connectivity index (χ1v) is 7.87. The van der Waals surface area contributed by atoms with Gasteiger partial charge < -0.3 is 16.4 Å². The van der Waals surface area contributed by atoms with Crippen LogP contribution in [0.5, 0.6) is 0 Å². The average molecular weight is 303 g/mol. The Kier molecular flexibility index (Phi) is 5.36. The van der Waals surface area contributed by atoms with Gasteiger partial charge in [0.15, 0.2) is 0 Å². The molecular weight excluding hydrogens is 282 g/mol. The summed E-state index contributed by atoms with van der Waals surface area (Å²) in [4.78, 5) is 12.2. The molecular formula is C16H21N3OS. The van der Waals surface area contributed by atoms with Crippen molar-refractivity contribution in [3.8, 4) is 0 Å². The maximum Gasteiger partial charge on any atom is 0.316 e. The molecule has 2 aromatic rings. The summed E-state index contributed by atoms with van der Waals surface area (Å²) in [5.74, 6) is 0. The summed E-state index contributed by atoms with van der Waals surface area (Å²) in [5, 5.41) is 8.26. The summed E-state index contributed by atoms with van der Waals surface area (Å²) in [6.45, 7) is 4.33. The third-order valence-corrected chi connectivity index (χ3v) is 4.20. The molecule has 2 unspecified atom stereocenters. The molecule has 1 aromatic carbocycles. The van der Waals surface area contributed by atoms with Gasteiger partial charge in [-0.1, -0.05) is 18.2 Å². The molecule has 0 radical (unpaired) electrons. The first-order valence-electron chi connectivity index (χ1n) is 6.99. The Morgan fingerprint density at radius 1 is 1.24 bits per heavy atom. The van der Waals surface area contributed by atoms with Crippen molar-refractivity contribution in [2.45, 2.75) is 32.4 Å². The zero-order valence-corrected chi connectivity index (χ0v) is 13.1. The number of nitrogens with one attached hydrogen (secondary N) is 2. The van der Waals surface area contributed by atoms with Gasteiger partial charge in [0, 0.05) is 22.6 Å². The zero-order valence-electron chi connectivity index (χ0n) is 12.3. The fraction of sp³-hybridized carbons (Fsp3) is 0.312. The molecule has 1 aromatic heterocycles. The fourth-order valence-corrected chi connectivity index (χ4v) is 3.15. The highest BCUT2D eigenvalue weighted by atomic mass is 32.1. The number of hydrogen-bond donors (Lipinski definition) is 3. The van der Waals surface area contributed by atoms with Gasteiger partial charge in [0.25, 0.3) is 0 Å². The maximum absolute atomic E-state index is 10.8. The molecule has 5 heteroatoms. The minimum Gasteiger partial charge on any atom is -0.351 e. The second kappa shape index (κ2) is 7.24. The number of primary amides is 1. The largest absolute Gasteiger partial charge is 0.351 e. The lowest BCUT2D eigenvalue weighted by molar-refractivity contribution is 0.259.